The van der Waals surface area contributed by atoms with Gasteiger partial charge >= 0.3 is 5.97 Å². The van der Waals surface area contributed by atoms with Crippen LogP contribution in [0, 0.1) is 6.92 Å². The number of rotatable bonds is 2. The Morgan fingerprint density at radius 3 is 2.31 bits per heavy atom. The Bertz CT molecular complexity index is 366. The van der Waals surface area contributed by atoms with Gasteiger partial charge in [-0.15, -0.1) is 0 Å². The monoisotopic (exact) mass is 178 g/mol. The van der Waals surface area contributed by atoms with Gasteiger partial charge in [0.25, 0.3) is 0 Å². The number of carboxylic acids is 1. The van der Waals surface area contributed by atoms with E-state index in [4.69, 9.17) is 5.11 Å². The minimum absolute atomic E-state index is 0.0677. The third-order valence-electron chi connectivity index (χ3n) is 1.78. The molecule has 0 radical (unpaired) electrons. The van der Waals surface area contributed by atoms with Gasteiger partial charge in [0, 0.05) is 5.56 Å². The summed E-state index contributed by atoms with van der Waals surface area (Å²) in [6, 6.07) is 4.72. The van der Waals surface area contributed by atoms with Crippen molar-refractivity contribution in [2.45, 2.75) is 13.8 Å². The van der Waals surface area contributed by atoms with E-state index in [-0.39, 0.29) is 16.9 Å². The van der Waals surface area contributed by atoms with E-state index in [1.807, 2.05) is 6.92 Å². The molecule has 1 aromatic carbocycles. The van der Waals surface area contributed by atoms with Crippen LogP contribution in [-0.2, 0) is 0 Å². The summed E-state index contributed by atoms with van der Waals surface area (Å²) in [4.78, 5) is 21.7. The molecule has 0 aliphatic heterocycles. The quantitative estimate of drug-likeness (QED) is 0.703. The van der Waals surface area contributed by atoms with Crippen LogP contribution in [0.3, 0.4) is 0 Å². The fourth-order valence-corrected chi connectivity index (χ4v) is 1.14. The van der Waals surface area contributed by atoms with Crippen LogP contribution in [0.5, 0.6) is 0 Å². The summed E-state index contributed by atoms with van der Waals surface area (Å²) in [7, 11) is 0. The van der Waals surface area contributed by atoms with E-state index in [1.165, 1.54) is 13.0 Å². The molecule has 3 heteroatoms. The van der Waals surface area contributed by atoms with Gasteiger partial charge in [-0.3, -0.25) is 4.79 Å². The highest BCUT2D eigenvalue weighted by Crippen LogP contribution is 2.12. The number of aromatic carboxylic acids is 1. The van der Waals surface area contributed by atoms with Crippen molar-refractivity contribution in [3.8, 4) is 0 Å². The molecule has 0 heterocycles. The zero-order valence-corrected chi connectivity index (χ0v) is 7.50. The Hall–Kier alpha value is -1.64. The van der Waals surface area contributed by atoms with E-state index in [9.17, 15) is 9.59 Å². The Kier molecular flexibility index (Phi) is 2.46. The minimum atomic E-state index is -1.06. The Labute approximate surface area is 76.0 Å². The lowest BCUT2D eigenvalue weighted by Crippen LogP contribution is -2.06. The maximum absolute atomic E-state index is 11.1. The molecule has 1 rings (SSSR count). The first kappa shape index (κ1) is 9.45. The topological polar surface area (TPSA) is 54.4 Å². The van der Waals surface area contributed by atoms with Crippen molar-refractivity contribution in [1.29, 1.82) is 0 Å². The van der Waals surface area contributed by atoms with E-state index < -0.39 is 5.97 Å². The van der Waals surface area contributed by atoms with Crippen LogP contribution in [0.25, 0.3) is 0 Å². The lowest BCUT2D eigenvalue weighted by Gasteiger charge is -2.02. The van der Waals surface area contributed by atoms with Crippen molar-refractivity contribution in [1.82, 2.24) is 0 Å². The van der Waals surface area contributed by atoms with Gasteiger partial charge in [0.05, 0.1) is 5.56 Å². The lowest BCUT2D eigenvalue weighted by molar-refractivity contribution is 0.0692. The van der Waals surface area contributed by atoms with E-state index in [0.29, 0.717) is 0 Å². The van der Waals surface area contributed by atoms with Crippen LogP contribution in [0.15, 0.2) is 18.2 Å². The van der Waals surface area contributed by atoms with Crippen LogP contribution in [0.2, 0.25) is 0 Å². The van der Waals surface area contributed by atoms with Gasteiger partial charge in [0.1, 0.15) is 0 Å². The second kappa shape index (κ2) is 3.39. The number of Topliss-reactive ketones (excluding diaryl/α,β-unsaturated/α-hetero) is 1. The average Bonchev–Trinajstić information content (AvgIpc) is 2.03. The van der Waals surface area contributed by atoms with Gasteiger partial charge in [-0.1, -0.05) is 11.6 Å². The third-order valence-corrected chi connectivity index (χ3v) is 1.78. The van der Waals surface area contributed by atoms with Crippen molar-refractivity contribution in [3.63, 3.8) is 0 Å². The van der Waals surface area contributed by atoms with Gasteiger partial charge in [-0.05, 0) is 26.0 Å². The molecule has 1 N–H and O–H groups in total. The Morgan fingerprint density at radius 2 is 1.85 bits per heavy atom. The highest BCUT2D eigenvalue weighted by atomic mass is 16.4. The number of carbonyl (C=O) groups is 2. The average molecular weight is 178 g/mol. The first-order valence-electron chi connectivity index (χ1n) is 3.87. The number of hydrogen-bond acceptors (Lipinski definition) is 2. The van der Waals surface area contributed by atoms with Gasteiger partial charge < -0.3 is 5.11 Å². The summed E-state index contributed by atoms with van der Waals surface area (Å²) in [6.07, 6.45) is 0. The van der Waals surface area contributed by atoms with Crippen LogP contribution in [-0.4, -0.2) is 16.9 Å². The summed E-state index contributed by atoms with van der Waals surface area (Å²) in [5, 5.41) is 8.75. The normalized spacial score (nSPS) is 9.69. The molecule has 1 aromatic rings. The number of benzene rings is 1. The second-order valence-corrected chi connectivity index (χ2v) is 2.91. The molecule has 13 heavy (non-hydrogen) atoms. The van der Waals surface area contributed by atoms with Crippen LogP contribution >= 0.6 is 0 Å². The number of ketones is 1. The fourth-order valence-electron chi connectivity index (χ4n) is 1.14. The van der Waals surface area contributed by atoms with E-state index in [0.717, 1.165) is 5.56 Å². The SMILES string of the molecule is CC(=O)c1cc(C)ccc1C(=O)O. The summed E-state index contributed by atoms with van der Waals surface area (Å²) in [5.41, 5.74) is 1.22. The lowest BCUT2D eigenvalue weighted by atomic mass is 10.0. The Morgan fingerprint density at radius 1 is 1.23 bits per heavy atom. The zero-order chi connectivity index (χ0) is 10.0. The summed E-state index contributed by atoms with van der Waals surface area (Å²) in [5.74, 6) is -1.29. The standard InChI is InChI=1S/C10H10O3/c1-6-3-4-8(10(12)13)9(5-6)7(2)11/h3-5H,1-2H3,(H,12,13). The molecule has 3 nitrogen and oxygen atoms in total. The van der Waals surface area contributed by atoms with E-state index in [1.54, 1.807) is 12.1 Å². The van der Waals surface area contributed by atoms with E-state index in [2.05, 4.69) is 0 Å². The minimum Gasteiger partial charge on any atom is -0.478 e. The van der Waals surface area contributed by atoms with Crippen LogP contribution < -0.4 is 0 Å². The first-order chi connectivity index (χ1) is 6.02. The molecule has 0 bridgehead atoms. The molecule has 0 saturated heterocycles. The molecule has 68 valence electrons. The largest absolute Gasteiger partial charge is 0.478 e. The van der Waals surface area contributed by atoms with Crippen molar-refractivity contribution in [3.05, 3.63) is 34.9 Å². The van der Waals surface area contributed by atoms with Gasteiger partial charge in [-0.25, -0.2) is 4.79 Å². The molecule has 0 fully saturated rings. The van der Waals surface area contributed by atoms with Crippen molar-refractivity contribution < 1.29 is 14.7 Å². The van der Waals surface area contributed by atoms with E-state index >= 15 is 0 Å². The predicted octanol–water partition coefficient (Wildman–Crippen LogP) is 1.90. The maximum atomic E-state index is 11.1. The van der Waals surface area contributed by atoms with Gasteiger partial charge in [0.15, 0.2) is 5.78 Å². The van der Waals surface area contributed by atoms with Crippen LogP contribution in [0.1, 0.15) is 33.2 Å². The molecule has 0 amide bonds. The number of carboxylic acid groups (broad SMARTS) is 1. The third kappa shape index (κ3) is 1.93. The molecule has 0 aliphatic carbocycles. The van der Waals surface area contributed by atoms with Gasteiger partial charge in [-0.2, -0.15) is 0 Å². The molecule has 0 aromatic heterocycles. The zero-order valence-electron chi connectivity index (χ0n) is 7.50. The molecule has 0 atom stereocenters. The second-order valence-electron chi connectivity index (χ2n) is 2.91. The van der Waals surface area contributed by atoms with Gasteiger partial charge in [0.2, 0.25) is 0 Å². The van der Waals surface area contributed by atoms with Crippen molar-refractivity contribution in [2.24, 2.45) is 0 Å². The predicted molar refractivity (Wildman–Crippen MR) is 48.1 cm³/mol. The summed E-state index contributed by atoms with van der Waals surface area (Å²) in [6.45, 7) is 3.18. The highest BCUT2D eigenvalue weighted by Gasteiger charge is 2.12. The van der Waals surface area contributed by atoms with Crippen LogP contribution in [0.4, 0.5) is 0 Å². The van der Waals surface area contributed by atoms with Crippen molar-refractivity contribution in [2.75, 3.05) is 0 Å². The summed E-state index contributed by atoms with van der Waals surface area (Å²) < 4.78 is 0. The molecule has 0 spiro atoms. The van der Waals surface area contributed by atoms with Crippen molar-refractivity contribution >= 4 is 11.8 Å². The maximum Gasteiger partial charge on any atom is 0.336 e. The number of carbonyl (C=O) groups excluding carboxylic acids is 1. The molecular formula is C10H10O3. The fraction of sp³-hybridized carbons (Fsp3) is 0.200. The highest BCUT2D eigenvalue weighted by molar-refractivity contribution is 6.04. The number of hydrogen-bond donors (Lipinski definition) is 1. The molecule has 0 aliphatic rings. The molecular weight excluding hydrogens is 168 g/mol. The molecule has 0 saturated carbocycles. The first-order valence-corrected chi connectivity index (χ1v) is 3.87. The molecule has 0 unspecified atom stereocenters. The summed E-state index contributed by atoms with van der Waals surface area (Å²) >= 11 is 0. The smallest absolute Gasteiger partial charge is 0.336 e. The Balaban J connectivity index is 3.35. The number of aryl methyl sites for hydroxylation is 1.